The standard InChI is InChI=1S/C25H15BS2/c1-2-7-15(8-3-1)26-16-9-4-11-18-22(16)25-23-17(26)10-5-12-19(23)28-21-14-6-13-20(27-18)24(21)25/h1-14,25H. The van der Waals surface area contributed by atoms with Crippen molar-refractivity contribution in [2.75, 3.05) is 0 Å². The lowest BCUT2D eigenvalue weighted by Crippen LogP contribution is -2.58. The first kappa shape index (κ1) is 15.6. The fourth-order valence-corrected chi connectivity index (χ4v) is 7.74. The highest BCUT2D eigenvalue weighted by Gasteiger charge is 2.44. The van der Waals surface area contributed by atoms with Crippen molar-refractivity contribution in [2.24, 2.45) is 0 Å². The molecule has 0 nitrogen and oxygen atoms in total. The van der Waals surface area contributed by atoms with Gasteiger partial charge in [0.2, 0.25) is 6.71 Å². The molecule has 0 N–H and O–H groups in total. The molecule has 4 aromatic carbocycles. The van der Waals surface area contributed by atoms with Crippen molar-refractivity contribution in [1.82, 2.24) is 0 Å². The third-order valence-corrected chi connectivity index (χ3v) is 8.59. The Balaban J connectivity index is 1.63. The van der Waals surface area contributed by atoms with E-state index in [9.17, 15) is 0 Å². The molecule has 0 amide bonds. The second kappa shape index (κ2) is 5.59. The van der Waals surface area contributed by atoms with Gasteiger partial charge in [0.15, 0.2) is 0 Å². The average Bonchev–Trinajstić information content (AvgIpc) is 2.75. The zero-order valence-corrected chi connectivity index (χ0v) is 16.7. The van der Waals surface area contributed by atoms with Crippen LogP contribution < -0.4 is 16.4 Å². The lowest BCUT2D eigenvalue weighted by Gasteiger charge is -2.42. The minimum Gasteiger partial charge on any atom is -0.0894 e. The molecule has 0 aromatic heterocycles. The van der Waals surface area contributed by atoms with Crippen molar-refractivity contribution in [3.8, 4) is 0 Å². The van der Waals surface area contributed by atoms with Crippen LogP contribution in [0.3, 0.4) is 0 Å². The van der Waals surface area contributed by atoms with Crippen LogP contribution in [-0.2, 0) is 0 Å². The molecule has 7 rings (SSSR count). The third-order valence-electron chi connectivity index (χ3n) is 6.29. The first-order valence-electron chi connectivity index (χ1n) is 9.69. The highest BCUT2D eigenvalue weighted by Crippen LogP contribution is 2.56. The van der Waals surface area contributed by atoms with Gasteiger partial charge >= 0.3 is 0 Å². The maximum Gasteiger partial charge on any atom is 0.242 e. The molecule has 3 aliphatic rings. The number of hydrogen-bond donors (Lipinski definition) is 0. The number of hydrogen-bond acceptors (Lipinski definition) is 2. The number of rotatable bonds is 1. The molecule has 0 fully saturated rings. The monoisotopic (exact) mass is 390 g/mol. The summed E-state index contributed by atoms with van der Waals surface area (Å²) in [7, 11) is 0. The molecule has 130 valence electrons. The zero-order chi connectivity index (χ0) is 18.2. The van der Waals surface area contributed by atoms with Gasteiger partial charge in [0.25, 0.3) is 0 Å². The normalized spacial score (nSPS) is 15.4. The van der Waals surface area contributed by atoms with E-state index in [2.05, 4.69) is 84.9 Å². The Kier molecular flexibility index (Phi) is 3.11. The zero-order valence-electron chi connectivity index (χ0n) is 15.1. The van der Waals surface area contributed by atoms with E-state index in [-0.39, 0.29) is 0 Å². The summed E-state index contributed by atoms with van der Waals surface area (Å²) in [6.45, 7) is 0.315. The summed E-state index contributed by atoms with van der Waals surface area (Å²) < 4.78 is 0. The van der Waals surface area contributed by atoms with Crippen LogP contribution in [0.5, 0.6) is 0 Å². The molecule has 0 unspecified atom stereocenters. The fraction of sp³-hybridized carbons (Fsp3) is 0.0400. The van der Waals surface area contributed by atoms with Crippen LogP contribution in [0.15, 0.2) is 105 Å². The van der Waals surface area contributed by atoms with Crippen LogP contribution in [0.2, 0.25) is 0 Å². The Labute approximate surface area is 173 Å². The van der Waals surface area contributed by atoms with Gasteiger partial charge in [0, 0.05) is 25.5 Å². The second-order valence-corrected chi connectivity index (χ2v) is 9.83. The molecule has 0 spiro atoms. The van der Waals surface area contributed by atoms with E-state index < -0.39 is 0 Å². The predicted molar refractivity (Wildman–Crippen MR) is 120 cm³/mol. The minimum absolute atomic E-state index is 0.315. The lowest BCUT2D eigenvalue weighted by molar-refractivity contribution is 0.847. The third kappa shape index (κ3) is 1.91. The largest absolute Gasteiger partial charge is 0.242 e. The van der Waals surface area contributed by atoms with Crippen molar-refractivity contribution < 1.29 is 0 Å². The molecular formula is C25H15BS2. The van der Waals surface area contributed by atoms with Crippen molar-refractivity contribution in [3.05, 3.63) is 102 Å². The smallest absolute Gasteiger partial charge is 0.0894 e. The van der Waals surface area contributed by atoms with Gasteiger partial charge in [0.1, 0.15) is 0 Å². The molecule has 0 aliphatic carbocycles. The van der Waals surface area contributed by atoms with Gasteiger partial charge in [-0.2, -0.15) is 0 Å². The van der Waals surface area contributed by atoms with Crippen molar-refractivity contribution in [3.63, 3.8) is 0 Å². The van der Waals surface area contributed by atoms with Crippen molar-refractivity contribution in [1.29, 1.82) is 0 Å². The van der Waals surface area contributed by atoms with E-state index in [1.54, 1.807) is 11.1 Å². The highest BCUT2D eigenvalue weighted by molar-refractivity contribution is 8.00. The van der Waals surface area contributed by atoms with Crippen LogP contribution in [0, 0.1) is 0 Å². The fourth-order valence-electron chi connectivity index (χ4n) is 5.25. The van der Waals surface area contributed by atoms with Crippen molar-refractivity contribution >= 4 is 46.6 Å². The maximum absolute atomic E-state index is 2.36. The highest BCUT2D eigenvalue weighted by atomic mass is 32.2. The van der Waals surface area contributed by atoms with Gasteiger partial charge in [0.05, 0.1) is 0 Å². The summed E-state index contributed by atoms with van der Waals surface area (Å²) in [5.41, 5.74) is 8.98. The summed E-state index contributed by atoms with van der Waals surface area (Å²) >= 11 is 3.90. The minimum atomic E-state index is 0.315. The molecule has 28 heavy (non-hydrogen) atoms. The van der Waals surface area contributed by atoms with Crippen molar-refractivity contribution in [2.45, 2.75) is 25.5 Å². The van der Waals surface area contributed by atoms with Gasteiger partial charge in [-0.1, -0.05) is 101 Å². The first-order valence-corrected chi connectivity index (χ1v) is 11.3. The van der Waals surface area contributed by atoms with Crippen LogP contribution in [-0.4, -0.2) is 6.71 Å². The molecule has 3 heteroatoms. The second-order valence-electron chi connectivity index (χ2n) is 7.67. The Morgan fingerprint density at radius 1 is 0.500 bits per heavy atom. The molecule has 0 saturated carbocycles. The molecule has 0 atom stereocenters. The molecule has 0 saturated heterocycles. The summed E-state index contributed by atoms with van der Waals surface area (Å²) in [4.78, 5) is 5.72. The molecule has 4 aromatic rings. The van der Waals surface area contributed by atoms with Gasteiger partial charge in [-0.05, 0) is 41.0 Å². The first-order chi connectivity index (χ1) is 13.9. The average molecular weight is 390 g/mol. The molecular weight excluding hydrogens is 375 g/mol. The van der Waals surface area contributed by atoms with E-state index in [0.717, 1.165) is 0 Å². The van der Waals surface area contributed by atoms with Gasteiger partial charge < -0.3 is 0 Å². The molecule has 3 heterocycles. The molecule has 3 aliphatic heterocycles. The summed E-state index contributed by atoms with van der Waals surface area (Å²) in [6, 6.07) is 31.7. The Morgan fingerprint density at radius 2 is 1.00 bits per heavy atom. The van der Waals surface area contributed by atoms with E-state index in [1.165, 1.54) is 41.5 Å². The Bertz CT molecular complexity index is 1200. The maximum atomic E-state index is 2.36. The van der Waals surface area contributed by atoms with Crippen LogP contribution in [0.1, 0.15) is 22.6 Å². The van der Waals surface area contributed by atoms with Crippen LogP contribution >= 0.6 is 23.5 Å². The van der Waals surface area contributed by atoms with Crippen LogP contribution in [0.4, 0.5) is 0 Å². The SMILES string of the molecule is c1ccc(B2c3cccc4c3C3c5c(cccc5Sc5cccc2c53)S4)cc1. The van der Waals surface area contributed by atoms with Crippen LogP contribution in [0.25, 0.3) is 0 Å². The summed E-state index contributed by atoms with van der Waals surface area (Å²) in [6.07, 6.45) is 0. The van der Waals surface area contributed by atoms with E-state index >= 15 is 0 Å². The molecule has 0 bridgehead atoms. The van der Waals surface area contributed by atoms with E-state index in [1.807, 2.05) is 23.5 Å². The molecule has 0 radical (unpaired) electrons. The summed E-state index contributed by atoms with van der Waals surface area (Å²) in [5.74, 6) is 0.381. The summed E-state index contributed by atoms with van der Waals surface area (Å²) in [5, 5.41) is 0. The quantitative estimate of drug-likeness (QED) is 0.375. The van der Waals surface area contributed by atoms with E-state index in [0.29, 0.717) is 12.6 Å². The Morgan fingerprint density at radius 3 is 1.57 bits per heavy atom. The Hall–Kier alpha value is -2.36. The van der Waals surface area contributed by atoms with Gasteiger partial charge in [-0.25, -0.2) is 0 Å². The topological polar surface area (TPSA) is 0 Å². The van der Waals surface area contributed by atoms with Gasteiger partial charge in [-0.3, -0.25) is 0 Å². The number of benzene rings is 4. The van der Waals surface area contributed by atoms with E-state index in [4.69, 9.17) is 0 Å². The lowest BCUT2D eigenvalue weighted by atomic mass is 9.32. The van der Waals surface area contributed by atoms with Gasteiger partial charge in [-0.15, -0.1) is 0 Å². The predicted octanol–water partition coefficient (Wildman–Crippen LogP) is 4.63.